The van der Waals surface area contributed by atoms with Crippen molar-refractivity contribution in [3.8, 4) is 34.4 Å². The molecule has 9 heteroatoms. The maximum Gasteiger partial charge on any atom is 0.260 e. The quantitative estimate of drug-likeness (QED) is 0.363. The summed E-state index contributed by atoms with van der Waals surface area (Å²) in [5, 5.41) is 7.41. The van der Waals surface area contributed by atoms with Gasteiger partial charge in [-0.3, -0.25) is 14.6 Å². The molecule has 0 radical (unpaired) electrons. The van der Waals surface area contributed by atoms with Crippen LogP contribution in [-0.2, 0) is 0 Å². The number of nitrogens with one attached hydrogen (secondary N) is 2. The minimum Gasteiger partial charge on any atom is -0.493 e. The van der Waals surface area contributed by atoms with Gasteiger partial charge in [0.15, 0.2) is 5.76 Å². The van der Waals surface area contributed by atoms with Gasteiger partial charge in [-0.25, -0.2) is 4.98 Å². The highest BCUT2D eigenvalue weighted by atomic mass is 16.5. The second-order valence-corrected chi connectivity index (χ2v) is 7.51. The minimum absolute atomic E-state index is 0.141. The van der Waals surface area contributed by atoms with Crippen molar-refractivity contribution in [2.24, 2.45) is 0 Å². The summed E-state index contributed by atoms with van der Waals surface area (Å²) in [6, 6.07) is 22.8. The minimum atomic E-state index is -0.400. The molecular weight excluding hydrogens is 446 g/mol. The lowest BCUT2D eigenvalue weighted by Crippen LogP contribution is -2.19. The third kappa shape index (κ3) is 4.60. The highest BCUT2D eigenvalue weighted by molar-refractivity contribution is 6.06. The Bertz CT molecular complexity index is 1520. The van der Waals surface area contributed by atoms with Gasteiger partial charge in [-0.2, -0.15) is 9.78 Å². The highest BCUT2D eigenvalue weighted by Gasteiger charge is 2.20. The molecule has 3 aromatic heterocycles. The van der Waals surface area contributed by atoms with Crippen LogP contribution in [0.4, 0.5) is 5.82 Å². The molecule has 1 amide bonds. The molecule has 35 heavy (non-hydrogen) atoms. The Morgan fingerprint density at radius 1 is 1.03 bits per heavy atom. The number of H-pyrrole nitrogens is 1. The third-order valence-corrected chi connectivity index (χ3v) is 5.16. The zero-order valence-corrected chi connectivity index (χ0v) is 18.8. The molecule has 174 valence electrons. The molecule has 0 atom stereocenters. The fraction of sp³-hybridized carbons (Fsp3) is 0.0769. The van der Waals surface area contributed by atoms with Gasteiger partial charge in [0.05, 0.1) is 24.1 Å². The third-order valence-electron chi connectivity index (χ3n) is 5.16. The zero-order chi connectivity index (χ0) is 24.2. The lowest BCUT2D eigenvalue weighted by atomic mass is 10.1. The number of aromatic amines is 1. The van der Waals surface area contributed by atoms with Gasteiger partial charge in [0, 0.05) is 17.7 Å². The first-order valence-electron chi connectivity index (χ1n) is 11.0. The van der Waals surface area contributed by atoms with Crippen LogP contribution in [0.1, 0.15) is 17.3 Å². The van der Waals surface area contributed by atoms with Gasteiger partial charge >= 0.3 is 0 Å². The van der Waals surface area contributed by atoms with Crippen molar-refractivity contribution in [3.05, 3.63) is 101 Å². The Balaban J connectivity index is 1.59. The smallest absolute Gasteiger partial charge is 0.260 e. The van der Waals surface area contributed by atoms with Crippen molar-refractivity contribution in [2.45, 2.75) is 6.92 Å². The monoisotopic (exact) mass is 467 g/mol. The molecule has 5 aromatic rings. The number of carbonyl (C=O) groups is 1. The van der Waals surface area contributed by atoms with Gasteiger partial charge in [-0.15, -0.1) is 0 Å². The lowest BCUT2D eigenvalue weighted by molar-refractivity contribution is 0.102. The van der Waals surface area contributed by atoms with Gasteiger partial charge in [0.2, 0.25) is 5.95 Å². The summed E-state index contributed by atoms with van der Waals surface area (Å²) in [7, 11) is 0. The van der Waals surface area contributed by atoms with Gasteiger partial charge in [-0.1, -0.05) is 42.5 Å². The standard InChI is InChI=1S/C26H21N5O4/c1-2-34-21-12-7-6-11-18(21)25(33)28-23-15-20(22-13-8-14-35-22)30-31(23)26-27-19(16-24(32)29-26)17-9-4-3-5-10-17/h3-16H,2H2,1H3,(H,28,33)(H,27,29,32). The van der Waals surface area contributed by atoms with E-state index in [2.05, 4.69) is 20.4 Å². The number of aromatic nitrogens is 4. The van der Waals surface area contributed by atoms with Gasteiger partial charge in [0.25, 0.3) is 11.5 Å². The maximum absolute atomic E-state index is 13.2. The lowest BCUT2D eigenvalue weighted by Gasteiger charge is -2.11. The summed E-state index contributed by atoms with van der Waals surface area (Å²) >= 11 is 0. The molecule has 0 aliphatic carbocycles. The van der Waals surface area contributed by atoms with Crippen LogP contribution in [0.2, 0.25) is 0 Å². The molecule has 2 N–H and O–H groups in total. The number of hydrogen-bond donors (Lipinski definition) is 2. The summed E-state index contributed by atoms with van der Waals surface area (Å²) in [5.41, 5.74) is 1.70. The molecule has 3 heterocycles. The van der Waals surface area contributed by atoms with Crippen LogP contribution in [-0.4, -0.2) is 32.3 Å². The van der Waals surface area contributed by atoms with E-state index in [1.807, 2.05) is 37.3 Å². The first kappa shape index (κ1) is 21.9. The SMILES string of the molecule is CCOc1ccccc1C(=O)Nc1cc(-c2ccco2)nn1-c1nc(-c2ccccc2)cc(=O)[nH]1. The topological polar surface area (TPSA) is 115 Å². The van der Waals surface area contributed by atoms with Crippen LogP contribution < -0.4 is 15.6 Å². The summed E-state index contributed by atoms with van der Waals surface area (Å²) in [6.07, 6.45) is 1.53. The Kier molecular flexibility index (Phi) is 5.96. The molecule has 0 fully saturated rings. The fourth-order valence-corrected chi connectivity index (χ4v) is 3.60. The predicted octanol–water partition coefficient (Wildman–Crippen LogP) is 4.53. The molecule has 0 bridgehead atoms. The number of hydrogen-bond acceptors (Lipinski definition) is 6. The van der Waals surface area contributed by atoms with E-state index < -0.39 is 5.91 Å². The van der Waals surface area contributed by atoms with E-state index in [0.29, 0.717) is 40.9 Å². The number of ether oxygens (including phenoxy) is 1. The van der Waals surface area contributed by atoms with Crippen molar-refractivity contribution in [2.75, 3.05) is 11.9 Å². The number of nitrogens with zero attached hydrogens (tertiary/aromatic N) is 3. The molecular formula is C26H21N5O4. The molecule has 0 aliphatic rings. The Labute approximate surface area is 200 Å². The molecule has 0 saturated heterocycles. The van der Waals surface area contributed by atoms with E-state index >= 15 is 0 Å². The summed E-state index contributed by atoms with van der Waals surface area (Å²) in [4.78, 5) is 33.0. The molecule has 0 unspecified atom stereocenters. The van der Waals surface area contributed by atoms with Crippen molar-refractivity contribution >= 4 is 11.7 Å². The Morgan fingerprint density at radius 3 is 2.60 bits per heavy atom. The van der Waals surface area contributed by atoms with E-state index in [0.717, 1.165) is 5.56 Å². The van der Waals surface area contributed by atoms with Gasteiger partial charge in [0.1, 0.15) is 17.3 Å². The van der Waals surface area contributed by atoms with E-state index in [9.17, 15) is 9.59 Å². The molecule has 5 rings (SSSR count). The van der Waals surface area contributed by atoms with Crippen molar-refractivity contribution in [3.63, 3.8) is 0 Å². The van der Waals surface area contributed by atoms with Crippen LogP contribution in [0.15, 0.2) is 94.3 Å². The molecule has 9 nitrogen and oxygen atoms in total. The second-order valence-electron chi connectivity index (χ2n) is 7.51. The average molecular weight is 467 g/mol. The van der Waals surface area contributed by atoms with Crippen LogP contribution in [0.25, 0.3) is 28.7 Å². The van der Waals surface area contributed by atoms with Crippen LogP contribution >= 0.6 is 0 Å². The van der Waals surface area contributed by atoms with E-state index in [4.69, 9.17) is 9.15 Å². The van der Waals surface area contributed by atoms with Crippen molar-refractivity contribution in [1.29, 1.82) is 0 Å². The number of anilines is 1. The Hall–Kier alpha value is -4.92. The molecule has 0 saturated carbocycles. The fourth-order valence-electron chi connectivity index (χ4n) is 3.60. The first-order chi connectivity index (χ1) is 17.1. The number of furan rings is 1. The van der Waals surface area contributed by atoms with Crippen LogP contribution in [0.5, 0.6) is 5.75 Å². The summed E-state index contributed by atoms with van der Waals surface area (Å²) in [6.45, 7) is 2.27. The number of carbonyl (C=O) groups excluding carboxylic acids is 1. The van der Waals surface area contributed by atoms with E-state index in [1.165, 1.54) is 17.0 Å². The van der Waals surface area contributed by atoms with E-state index in [-0.39, 0.29) is 11.5 Å². The number of amides is 1. The van der Waals surface area contributed by atoms with Crippen LogP contribution in [0.3, 0.4) is 0 Å². The van der Waals surface area contributed by atoms with Crippen LogP contribution in [0, 0.1) is 0 Å². The second kappa shape index (κ2) is 9.52. The van der Waals surface area contributed by atoms with Gasteiger partial charge in [-0.05, 0) is 31.2 Å². The summed E-state index contributed by atoms with van der Waals surface area (Å²) in [5.74, 6) is 0.990. The number of rotatable bonds is 7. The van der Waals surface area contributed by atoms with Crippen molar-refractivity contribution < 1.29 is 13.9 Å². The molecule has 0 spiro atoms. The predicted molar refractivity (Wildman–Crippen MR) is 131 cm³/mol. The van der Waals surface area contributed by atoms with Crippen molar-refractivity contribution in [1.82, 2.24) is 19.7 Å². The molecule has 0 aliphatic heterocycles. The molecule has 2 aromatic carbocycles. The summed E-state index contributed by atoms with van der Waals surface area (Å²) < 4.78 is 12.4. The largest absolute Gasteiger partial charge is 0.493 e. The Morgan fingerprint density at radius 2 is 1.83 bits per heavy atom. The highest BCUT2D eigenvalue weighted by Crippen LogP contribution is 2.26. The van der Waals surface area contributed by atoms with Gasteiger partial charge < -0.3 is 14.5 Å². The maximum atomic E-state index is 13.2. The average Bonchev–Trinajstić information content (AvgIpc) is 3.55. The van der Waals surface area contributed by atoms with E-state index in [1.54, 1.807) is 42.5 Å². The zero-order valence-electron chi connectivity index (χ0n) is 18.8. The number of benzene rings is 2. The normalized spacial score (nSPS) is 10.8. The first-order valence-corrected chi connectivity index (χ1v) is 11.0. The number of para-hydroxylation sites is 1.